The molecule has 6 heteroatoms. The minimum atomic E-state index is -3.31. The Morgan fingerprint density at radius 2 is 2.08 bits per heavy atom. The van der Waals surface area contributed by atoms with Gasteiger partial charge in [0.1, 0.15) is 0 Å². The molecule has 70 valence electrons. The highest BCUT2D eigenvalue weighted by Gasteiger charge is 2.24. The molecule has 0 aromatic carbocycles. The molecule has 0 aliphatic heterocycles. The Hall–Kier alpha value is 0.460. The first-order valence-corrected chi connectivity index (χ1v) is 5.71. The van der Waals surface area contributed by atoms with Crippen molar-refractivity contribution in [2.75, 3.05) is 18.9 Å². The summed E-state index contributed by atoms with van der Waals surface area (Å²) in [7, 11) is -3.31. The standard InChI is InChI=1S/C6H12NO3PS/c1-4-7-11(8,9-5-2)10-12-6-3/h1-6H2. The summed E-state index contributed by atoms with van der Waals surface area (Å²) >= 11 is 0.946. The maximum absolute atomic E-state index is 11.4. The molecule has 4 radical (unpaired) electrons. The molecule has 4 nitrogen and oxygen atoms in total. The predicted molar refractivity (Wildman–Crippen MR) is 50.2 cm³/mol. The highest BCUT2D eigenvalue weighted by Crippen LogP contribution is 2.48. The van der Waals surface area contributed by atoms with Crippen LogP contribution in [0.1, 0.15) is 0 Å². The van der Waals surface area contributed by atoms with Gasteiger partial charge in [-0.2, -0.15) is 0 Å². The van der Waals surface area contributed by atoms with Crippen molar-refractivity contribution in [3.8, 4) is 0 Å². The van der Waals surface area contributed by atoms with Crippen molar-refractivity contribution < 1.29 is 13.1 Å². The van der Waals surface area contributed by atoms with Crippen LogP contribution in [-0.2, 0) is 13.1 Å². The van der Waals surface area contributed by atoms with Crippen LogP contribution in [0.5, 0.6) is 0 Å². The molecule has 0 N–H and O–H groups in total. The molecule has 0 spiro atoms. The van der Waals surface area contributed by atoms with Crippen LogP contribution < -0.4 is 5.09 Å². The van der Waals surface area contributed by atoms with Crippen molar-refractivity contribution in [1.29, 1.82) is 0 Å². The second-order valence-electron chi connectivity index (χ2n) is 1.56. The van der Waals surface area contributed by atoms with Gasteiger partial charge in [-0.25, -0.2) is 8.54 Å². The zero-order valence-corrected chi connectivity index (χ0v) is 8.48. The summed E-state index contributed by atoms with van der Waals surface area (Å²) in [6.45, 7) is 10.5. The van der Waals surface area contributed by atoms with Crippen molar-refractivity contribution in [3.63, 3.8) is 0 Å². The van der Waals surface area contributed by atoms with Crippen molar-refractivity contribution in [2.24, 2.45) is 0 Å². The SMILES string of the molecule is [CH2]C[N]P(=O)(OC[CH2])OSC[CH2]. The van der Waals surface area contributed by atoms with Crippen LogP contribution in [0.15, 0.2) is 0 Å². The second-order valence-corrected chi connectivity index (χ2v) is 4.28. The summed E-state index contributed by atoms with van der Waals surface area (Å²) in [4.78, 5) is 0. The lowest BCUT2D eigenvalue weighted by atomic mass is 10.8. The van der Waals surface area contributed by atoms with Crippen LogP contribution in [0.3, 0.4) is 0 Å². The van der Waals surface area contributed by atoms with E-state index in [0.29, 0.717) is 5.75 Å². The van der Waals surface area contributed by atoms with Crippen LogP contribution in [0.25, 0.3) is 0 Å². The highest BCUT2D eigenvalue weighted by molar-refractivity contribution is 7.98. The van der Waals surface area contributed by atoms with Crippen molar-refractivity contribution in [3.05, 3.63) is 20.8 Å². The number of hydrogen-bond acceptors (Lipinski definition) is 4. The molecule has 0 aliphatic carbocycles. The molecule has 0 amide bonds. The molecule has 12 heavy (non-hydrogen) atoms. The maximum Gasteiger partial charge on any atom is 0.433 e. The van der Waals surface area contributed by atoms with Crippen molar-refractivity contribution in [1.82, 2.24) is 5.09 Å². The Balaban J connectivity index is 3.90. The lowest BCUT2D eigenvalue weighted by Crippen LogP contribution is -2.05. The van der Waals surface area contributed by atoms with Crippen LogP contribution in [0.4, 0.5) is 0 Å². The Labute approximate surface area is 78.2 Å². The number of hydrogen-bond donors (Lipinski definition) is 0. The van der Waals surface area contributed by atoms with E-state index in [2.05, 4.69) is 25.9 Å². The van der Waals surface area contributed by atoms with Crippen molar-refractivity contribution in [2.45, 2.75) is 0 Å². The first kappa shape index (κ1) is 12.5. The molecule has 0 fully saturated rings. The Kier molecular flexibility index (Phi) is 7.19. The summed E-state index contributed by atoms with van der Waals surface area (Å²) in [5, 5.41) is 3.59. The van der Waals surface area contributed by atoms with Gasteiger partial charge in [-0.15, -0.1) is 5.09 Å². The molecule has 0 aliphatic rings. The van der Waals surface area contributed by atoms with Gasteiger partial charge >= 0.3 is 7.75 Å². The first-order valence-electron chi connectivity index (χ1n) is 3.31. The zero-order valence-electron chi connectivity index (χ0n) is 6.77. The van der Waals surface area contributed by atoms with Crippen molar-refractivity contribution >= 4 is 19.8 Å². The Bertz CT molecular complexity index is 146. The van der Waals surface area contributed by atoms with Crippen LogP contribution in [0.2, 0.25) is 0 Å². The van der Waals surface area contributed by atoms with Gasteiger partial charge in [0.05, 0.1) is 6.61 Å². The summed E-state index contributed by atoms with van der Waals surface area (Å²) in [6, 6.07) is 0. The predicted octanol–water partition coefficient (Wildman–Crippen LogP) is 1.88. The van der Waals surface area contributed by atoms with E-state index in [9.17, 15) is 4.57 Å². The van der Waals surface area contributed by atoms with E-state index in [0.717, 1.165) is 12.0 Å². The Morgan fingerprint density at radius 3 is 2.50 bits per heavy atom. The fraction of sp³-hybridized carbons (Fsp3) is 0.500. The van der Waals surface area contributed by atoms with Crippen LogP contribution in [-0.4, -0.2) is 18.9 Å². The summed E-state index contributed by atoms with van der Waals surface area (Å²) in [6.07, 6.45) is 0. The van der Waals surface area contributed by atoms with E-state index in [1.165, 1.54) is 0 Å². The van der Waals surface area contributed by atoms with Gasteiger partial charge in [0.15, 0.2) is 0 Å². The summed E-state index contributed by atoms with van der Waals surface area (Å²) < 4.78 is 21.0. The normalized spacial score (nSPS) is 15.9. The zero-order chi connectivity index (χ0) is 9.45. The van der Waals surface area contributed by atoms with E-state index in [1.807, 2.05) is 0 Å². The third kappa shape index (κ3) is 5.17. The molecule has 0 aromatic heterocycles. The fourth-order valence-corrected chi connectivity index (χ4v) is 2.18. The number of rotatable bonds is 7. The van der Waals surface area contributed by atoms with E-state index < -0.39 is 7.75 Å². The lowest BCUT2D eigenvalue weighted by Gasteiger charge is -2.13. The molecule has 0 rings (SSSR count). The lowest BCUT2D eigenvalue weighted by molar-refractivity contribution is 0.292. The van der Waals surface area contributed by atoms with Gasteiger partial charge in [0, 0.05) is 24.3 Å². The molecule has 1 atom stereocenters. The molecule has 0 heterocycles. The summed E-state index contributed by atoms with van der Waals surface area (Å²) in [5.74, 6) is 0.442. The molecule has 0 bridgehead atoms. The molecule has 0 saturated heterocycles. The third-order valence-corrected chi connectivity index (χ3v) is 3.15. The molecular formula is C6H12NO3PS. The highest BCUT2D eigenvalue weighted by atomic mass is 32.2. The average molecular weight is 209 g/mol. The van der Waals surface area contributed by atoms with Crippen LogP contribution >= 0.6 is 19.8 Å². The van der Waals surface area contributed by atoms with Gasteiger partial charge in [-0.1, -0.05) is 0 Å². The maximum atomic E-state index is 11.4. The minimum Gasteiger partial charge on any atom is -0.295 e. The van der Waals surface area contributed by atoms with Gasteiger partial charge in [0.2, 0.25) is 0 Å². The van der Waals surface area contributed by atoms with Gasteiger partial charge in [-0.05, 0) is 20.8 Å². The average Bonchev–Trinajstić information content (AvgIpc) is 2.02. The smallest absolute Gasteiger partial charge is 0.295 e. The molecule has 0 saturated carbocycles. The minimum absolute atomic E-state index is 0.0540. The van der Waals surface area contributed by atoms with Crippen LogP contribution in [0, 0.1) is 20.8 Å². The molecule has 0 aromatic rings. The largest absolute Gasteiger partial charge is 0.433 e. The fourth-order valence-electron chi connectivity index (χ4n) is 0.428. The third-order valence-electron chi connectivity index (χ3n) is 0.758. The van der Waals surface area contributed by atoms with E-state index in [4.69, 9.17) is 8.49 Å². The summed E-state index contributed by atoms with van der Waals surface area (Å²) in [5.41, 5.74) is 0. The number of nitrogens with zero attached hydrogens (tertiary/aromatic N) is 1. The topological polar surface area (TPSA) is 49.6 Å². The van der Waals surface area contributed by atoms with Gasteiger partial charge in [-0.3, -0.25) is 4.52 Å². The van der Waals surface area contributed by atoms with E-state index in [-0.39, 0.29) is 13.2 Å². The van der Waals surface area contributed by atoms with Gasteiger partial charge < -0.3 is 0 Å². The first-order chi connectivity index (χ1) is 5.68. The van der Waals surface area contributed by atoms with E-state index in [1.54, 1.807) is 0 Å². The monoisotopic (exact) mass is 209 g/mol. The molecule has 1 unspecified atom stereocenters. The molecular weight excluding hydrogens is 197 g/mol. The Morgan fingerprint density at radius 1 is 1.42 bits per heavy atom. The quantitative estimate of drug-likeness (QED) is 0.474. The second kappa shape index (κ2) is 6.92. The van der Waals surface area contributed by atoms with E-state index >= 15 is 0 Å². The van der Waals surface area contributed by atoms with Gasteiger partial charge in [0.25, 0.3) is 0 Å².